The molecule has 0 aliphatic heterocycles. The Morgan fingerprint density at radius 2 is 0.405 bits per heavy atom. The molecule has 0 fully saturated rings. The van der Waals surface area contributed by atoms with Crippen LogP contribution in [0.3, 0.4) is 0 Å². The molecular weight excluding hydrogens is 1650 g/mol. The molecule has 0 saturated heterocycles. The molecular formula is C123H79N7Se. The number of rotatable bonds is 10. The molecule has 0 unspecified atom stereocenters. The van der Waals surface area contributed by atoms with E-state index in [0.29, 0.717) is 14.5 Å². The molecule has 0 N–H and O–H groups in total. The fourth-order valence-corrected chi connectivity index (χ4v) is 23.3. The van der Waals surface area contributed by atoms with Crippen molar-refractivity contribution >= 4 is 175 Å². The summed E-state index contributed by atoms with van der Waals surface area (Å²) in [5.74, 6) is 0. The van der Waals surface area contributed by atoms with Crippen LogP contribution in [0.1, 0.15) is 0 Å². The van der Waals surface area contributed by atoms with Crippen molar-refractivity contribution in [1.29, 1.82) is 0 Å². The number of pyridine rings is 1. The van der Waals surface area contributed by atoms with Crippen molar-refractivity contribution in [1.82, 2.24) is 32.4 Å². The standard InChI is InChI=1S/C42H26N2Se.C41H27N3.C40H26N2/c1-2-10-29(11-3-1)43-37-15-7-4-12-31(37)35-24-27(18-22-39(35)43)28-19-23-40-36(25-28)32-13-5-8-16-38(32)44(40)30-20-21-34-33-14-6-9-17-41(33)45-42(34)26-30;1-3-9-32(10-4-1)43-38-14-8-7-13-34(38)35-26-30(16-19-39(35)43)31-17-20-41-37(27-31)36-25-29(28-21-23-42-24-22-28)15-18-40(36)44(41)33-11-5-2-6-12-33;1-2-13-30(14-3-1)41-37-18-8-6-16-32(37)34-25-28(21-23-39(34)41)29-22-24-40-35(26-29)33-17-7-9-19-38(33)42(40)36-20-10-12-27-11-4-5-15-31(27)36/h1-26H;1-27H;1-26H. The van der Waals surface area contributed by atoms with Crippen molar-refractivity contribution < 1.29 is 0 Å². The van der Waals surface area contributed by atoms with Crippen LogP contribution in [0.15, 0.2) is 480 Å². The van der Waals surface area contributed by atoms with Gasteiger partial charge in [-0.1, -0.05) is 212 Å². The number of hydrogen-bond acceptors (Lipinski definition) is 1. The van der Waals surface area contributed by atoms with E-state index in [2.05, 4.69) is 499 Å². The van der Waals surface area contributed by atoms with E-state index < -0.39 is 0 Å². The number of nitrogens with zero attached hydrogens (tertiary/aromatic N) is 7. The summed E-state index contributed by atoms with van der Waals surface area (Å²) < 4.78 is 17.3. The van der Waals surface area contributed by atoms with Gasteiger partial charge in [-0.25, -0.2) is 0 Å². The molecule has 8 heteroatoms. The normalized spacial score (nSPS) is 11.8. The van der Waals surface area contributed by atoms with Crippen LogP contribution >= 0.6 is 0 Å². The molecule has 131 heavy (non-hydrogen) atoms. The Morgan fingerprint density at radius 3 is 0.771 bits per heavy atom. The maximum absolute atomic E-state index is 4.23. The minimum atomic E-state index is 0.330. The summed E-state index contributed by atoms with van der Waals surface area (Å²) in [5.41, 5.74) is 31.5. The van der Waals surface area contributed by atoms with Crippen molar-refractivity contribution in [3.63, 3.8) is 0 Å². The van der Waals surface area contributed by atoms with Gasteiger partial charge in [0.15, 0.2) is 0 Å². The smallest absolute Gasteiger partial charge is 0.309 e. The van der Waals surface area contributed by atoms with Gasteiger partial charge < -0.3 is 22.8 Å². The van der Waals surface area contributed by atoms with Gasteiger partial charge >= 0.3 is 196 Å². The van der Waals surface area contributed by atoms with Crippen molar-refractivity contribution in [2.75, 3.05) is 0 Å². The van der Waals surface area contributed by atoms with Crippen LogP contribution in [0.25, 0.3) is 240 Å². The summed E-state index contributed by atoms with van der Waals surface area (Å²) in [4.78, 5) is 4.23. The van der Waals surface area contributed by atoms with E-state index >= 15 is 0 Å². The minimum Gasteiger partial charge on any atom is -0.309 e. The maximum atomic E-state index is 4.23. The van der Waals surface area contributed by atoms with Gasteiger partial charge in [0.05, 0.1) is 55.3 Å². The molecule has 0 amide bonds. The van der Waals surface area contributed by atoms with Crippen LogP contribution in [-0.2, 0) is 0 Å². The molecule has 0 aliphatic carbocycles. The van der Waals surface area contributed by atoms with E-state index in [9.17, 15) is 0 Å². The Bertz CT molecular complexity index is 9410. The Labute approximate surface area is 760 Å². The van der Waals surface area contributed by atoms with Crippen molar-refractivity contribution in [2.24, 2.45) is 0 Å². The van der Waals surface area contributed by atoms with Gasteiger partial charge in [0.25, 0.3) is 0 Å². The summed E-state index contributed by atoms with van der Waals surface area (Å²) in [6.07, 6.45) is 3.71. The Balaban J connectivity index is 0.000000103. The molecule has 28 rings (SSSR count). The van der Waals surface area contributed by atoms with Crippen LogP contribution in [0.5, 0.6) is 0 Å². The molecule has 0 radical (unpaired) electrons. The van der Waals surface area contributed by atoms with E-state index in [0.717, 1.165) is 5.69 Å². The zero-order chi connectivity index (χ0) is 86.1. The zero-order valence-corrected chi connectivity index (χ0v) is 72.9. The van der Waals surface area contributed by atoms with Gasteiger partial charge in [-0.05, 0) is 190 Å². The van der Waals surface area contributed by atoms with Crippen molar-refractivity contribution in [3.8, 4) is 78.6 Å². The zero-order valence-electron chi connectivity index (χ0n) is 71.1. The number of benzene rings is 20. The van der Waals surface area contributed by atoms with E-state index in [1.54, 1.807) is 0 Å². The molecule has 7 nitrogen and oxygen atoms in total. The van der Waals surface area contributed by atoms with E-state index in [1.807, 2.05) is 12.4 Å². The molecule has 8 aromatic heterocycles. The molecule has 0 aliphatic rings. The predicted octanol–water partition coefficient (Wildman–Crippen LogP) is 32.2. The van der Waals surface area contributed by atoms with Gasteiger partial charge in [0.1, 0.15) is 0 Å². The van der Waals surface area contributed by atoms with E-state index in [-0.39, 0.29) is 0 Å². The first kappa shape index (κ1) is 75.5. The quantitative estimate of drug-likeness (QED) is 0.126. The first-order chi connectivity index (χ1) is 65.0. The van der Waals surface area contributed by atoms with E-state index in [4.69, 9.17) is 0 Å². The minimum absolute atomic E-state index is 0.330. The third-order valence-corrected chi connectivity index (χ3v) is 29.2. The fourth-order valence-electron chi connectivity index (χ4n) is 20.9. The molecule has 0 bridgehead atoms. The topological polar surface area (TPSA) is 42.5 Å². The van der Waals surface area contributed by atoms with Gasteiger partial charge in [-0.2, -0.15) is 0 Å². The second-order valence-corrected chi connectivity index (χ2v) is 36.4. The molecule has 0 atom stereocenters. The summed E-state index contributed by atoms with van der Waals surface area (Å²) in [6.45, 7) is 0. The summed E-state index contributed by atoms with van der Waals surface area (Å²) in [6, 6.07) is 170. The molecule has 8 heterocycles. The van der Waals surface area contributed by atoms with Gasteiger partial charge in [-0.15, -0.1) is 0 Å². The predicted molar refractivity (Wildman–Crippen MR) is 554 cm³/mol. The first-order valence-corrected chi connectivity index (χ1v) is 46.5. The number of fused-ring (bicyclic) bond motifs is 22. The molecule has 28 aromatic rings. The van der Waals surface area contributed by atoms with Gasteiger partial charge in [0.2, 0.25) is 0 Å². The number of aromatic nitrogens is 7. The monoisotopic (exact) mass is 1730 g/mol. The van der Waals surface area contributed by atoms with Crippen LogP contribution in [0, 0.1) is 0 Å². The second-order valence-electron chi connectivity index (χ2n) is 34.1. The summed E-state index contributed by atoms with van der Waals surface area (Å²) in [5, 5.41) is 20.5. The van der Waals surface area contributed by atoms with Crippen LogP contribution in [-0.4, -0.2) is 46.9 Å². The van der Waals surface area contributed by atoms with Gasteiger partial charge in [-0.3, -0.25) is 4.98 Å². The third kappa shape index (κ3) is 12.5. The van der Waals surface area contributed by atoms with Crippen molar-refractivity contribution in [3.05, 3.63) is 480 Å². The number of hydrogen-bond donors (Lipinski definition) is 0. The Kier molecular flexibility index (Phi) is 17.9. The molecule has 0 saturated carbocycles. The molecule has 612 valence electrons. The van der Waals surface area contributed by atoms with Crippen LogP contribution in [0.2, 0.25) is 0 Å². The second kappa shape index (κ2) is 31.0. The summed E-state index contributed by atoms with van der Waals surface area (Å²) >= 11 is 0.330. The molecule has 20 aromatic carbocycles. The third-order valence-electron chi connectivity index (χ3n) is 26.8. The van der Waals surface area contributed by atoms with E-state index in [1.165, 1.54) is 234 Å². The number of para-hydroxylation sites is 9. The SMILES string of the molecule is c1ccc(-n2c3ccccc3c3cc(-c4ccc5c(c4)c4cc(-c6ccncc6)ccc4n5-c4ccccc4)ccc32)cc1.c1ccc(-n2c3ccccc3c3cc(-c4ccc5c(c4)c4ccccc4n5-c4ccc5c(c4)[se]c4ccccc45)ccc32)cc1.c1ccc(-n2c3ccccc3c3cc(-c4ccc5c(c4)c4ccccc4n5-c4cccc5ccccc45)ccc32)cc1. The fraction of sp³-hybridized carbons (Fsp3) is 0. The first-order valence-electron chi connectivity index (χ1n) is 44.8. The van der Waals surface area contributed by atoms with Gasteiger partial charge in [0, 0.05) is 83.6 Å². The van der Waals surface area contributed by atoms with Crippen LogP contribution < -0.4 is 0 Å². The average Bonchev–Trinajstić information content (AvgIpc) is 1.58. The Hall–Kier alpha value is -16.9. The summed E-state index contributed by atoms with van der Waals surface area (Å²) in [7, 11) is 0. The molecule has 0 spiro atoms. The average molecular weight is 1730 g/mol. The van der Waals surface area contributed by atoms with Crippen LogP contribution in [0.4, 0.5) is 0 Å². The van der Waals surface area contributed by atoms with Crippen molar-refractivity contribution in [2.45, 2.75) is 0 Å². The Morgan fingerprint density at radius 1 is 0.145 bits per heavy atom.